The van der Waals surface area contributed by atoms with Crippen LogP contribution in [0.15, 0.2) is 21.9 Å². The van der Waals surface area contributed by atoms with Crippen LogP contribution in [0.1, 0.15) is 47.3 Å². The Morgan fingerprint density at radius 1 is 1.45 bits per heavy atom. The third-order valence-electron chi connectivity index (χ3n) is 4.31. The highest BCUT2D eigenvalue weighted by Crippen LogP contribution is 2.34. The molecule has 1 aromatic rings. The summed E-state index contributed by atoms with van der Waals surface area (Å²) in [6.45, 7) is 9.62. The highest BCUT2D eigenvalue weighted by atomic mass is 31.1. The summed E-state index contributed by atoms with van der Waals surface area (Å²) in [6.07, 6.45) is 1.07. The van der Waals surface area contributed by atoms with E-state index in [1.54, 1.807) is 6.92 Å². The number of carbonyl (C=O) groups excluding carboxylic acids is 1. The number of hydrogen-bond acceptors (Lipinski definition) is 7. The monoisotopic (exact) mass is 431 g/mol. The average Bonchev–Trinajstić information content (AvgIpc) is 2.97. The first-order valence-corrected chi connectivity index (χ1v) is 10.8. The van der Waals surface area contributed by atoms with Crippen LogP contribution in [0.4, 0.5) is 0 Å². The largest absolute Gasteiger partial charge is 0.464 e. The summed E-state index contributed by atoms with van der Waals surface area (Å²) < 4.78 is 29.8. The first-order valence-electron chi connectivity index (χ1n) is 9.53. The number of aromatic amines is 1. The molecule has 0 saturated carbocycles. The zero-order valence-electron chi connectivity index (χ0n) is 17.4. The Kier molecular flexibility index (Phi) is 7.99. The Bertz CT molecular complexity index is 845. The Morgan fingerprint density at radius 3 is 2.76 bits per heavy atom. The van der Waals surface area contributed by atoms with Crippen molar-refractivity contribution in [1.82, 2.24) is 14.6 Å². The second-order valence-corrected chi connectivity index (χ2v) is 9.66. The molecular formula is C18H30N3O7P. The molecular weight excluding hydrogens is 401 g/mol. The lowest BCUT2D eigenvalue weighted by Gasteiger charge is -2.20. The van der Waals surface area contributed by atoms with Gasteiger partial charge in [-0.05, 0) is 18.8 Å². The second kappa shape index (κ2) is 9.84. The minimum Gasteiger partial charge on any atom is -0.464 e. The van der Waals surface area contributed by atoms with Gasteiger partial charge in [-0.2, -0.15) is 0 Å². The van der Waals surface area contributed by atoms with Crippen molar-refractivity contribution < 1.29 is 23.4 Å². The first-order chi connectivity index (χ1) is 13.5. The molecule has 1 aromatic heterocycles. The van der Waals surface area contributed by atoms with Gasteiger partial charge in [0.1, 0.15) is 12.3 Å². The lowest BCUT2D eigenvalue weighted by Crippen LogP contribution is -2.33. The minimum absolute atomic E-state index is 0.00575. The van der Waals surface area contributed by atoms with E-state index in [2.05, 4.69) is 10.1 Å². The molecule has 29 heavy (non-hydrogen) atoms. The molecule has 11 heteroatoms. The van der Waals surface area contributed by atoms with Crippen LogP contribution in [-0.2, 0) is 23.4 Å². The molecule has 1 fully saturated rings. The van der Waals surface area contributed by atoms with Crippen LogP contribution < -0.4 is 16.3 Å². The van der Waals surface area contributed by atoms with Crippen molar-refractivity contribution in [3.8, 4) is 0 Å². The molecule has 1 aliphatic heterocycles. The summed E-state index contributed by atoms with van der Waals surface area (Å²) in [4.78, 5) is 37.3. The van der Waals surface area contributed by atoms with E-state index in [1.165, 1.54) is 16.8 Å². The number of aromatic nitrogens is 2. The molecule has 0 bridgehead atoms. The summed E-state index contributed by atoms with van der Waals surface area (Å²) in [5.41, 5.74) is -1.18. The third kappa shape index (κ3) is 7.22. The zero-order chi connectivity index (χ0) is 21.8. The van der Waals surface area contributed by atoms with Crippen molar-refractivity contribution in [3.05, 3.63) is 33.1 Å². The maximum atomic E-state index is 12.1. The highest BCUT2D eigenvalue weighted by molar-refractivity contribution is 7.36. The average molecular weight is 431 g/mol. The quantitative estimate of drug-likeness (QED) is 0.467. The first kappa shape index (κ1) is 23.5. The van der Waals surface area contributed by atoms with Crippen LogP contribution in [0.2, 0.25) is 0 Å². The number of esters is 1. The van der Waals surface area contributed by atoms with E-state index in [9.17, 15) is 18.9 Å². The fraction of sp³-hybridized carbons (Fsp3) is 0.722. The van der Waals surface area contributed by atoms with Gasteiger partial charge < -0.3 is 14.0 Å². The van der Waals surface area contributed by atoms with E-state index in [4.69, 9.17) is 14.0 Å². The predicted octanol–water partition coefficient (Wildman–Crippen LogP) is 1.43. The molecule has 0 spiro atoms. The molecule has 2 rings (SSSR count). The molecule has 0 aromatic carbocycles. The van der Waals surface area contributed by atoms with Crippen molar-refractivity contribution in [2.24, 2.45) is 11.3 Å². The lowest BCUT2D eigenvalue weighted by atomic mass is 9.99. The van der Waals surface area contributed by atoms with E-state index >= 15 is 0 Å². The molecule has 0 radical (unpaired) electrons. The number of nitrogens with zero attached hydrogens (tertiary/aromatic N) is 1. The molecule has 10 nitrogen and oxygen atoms in total. The SMILES string of the molecule is C[C@@H](N[PH](=O)OC[C@@H]1C[C@H](C)[C@H](n2ccc(=O)[nH]c2=O)O1)C(=O)OCC(C)(C)C. The standard InChI is InChI=1S/C18H30N3O7P/c1-11-8-13(28-15(11)21-7-6-14(22)19-17(21)24)9-27-29(25)20-12(2)16(23)26-10-18(3,4)5/h6-7,11-13,15,29H,8-10H2,1-5H3,(H,20,25)(H,19,22,24)/t11-,12+,13-,15+/m0/s1. The fourth-order valence-electron chi connectivity index (χ4n) is 2.85. The number of hydrogen-bond donors (Lipinski definition) is 2. The number of ether oxygens (including phenoxy) is 2. The van der Waals surface area contributed by atoms with Crippen LogP contribution in [-0.4, -0.2) is 40.9 Å². The number of nitrogens with one attached hydrogen (secondary N) is 2. The van der Waals surface area contributed by atoms with Crippen molar-refractivity contribution in [1.29, 1.82) is 0 Å². The Balaban J connectivity index is 1.81. The maximum absolute atomic E-state index is 12.1. The zero-order valence-corrected chi connectivity index (χ0v) is 18.4. The highest BCUT2D eigenvalue weighted by Gasteiger charge is 2.34. The summed E-state index contributed by atoms with van der Waals surface area (Å²) >= 11 is 0. The van der Waals surface area contributed by atoms with Gasteiger partial charge in [-0.1, -0.05) is 27.7 Å². The molecule has 0 amide bonds. The topological polar surface area (TPSA) is 129 Å². The Labute approximate surface area is 169 Å². The Morgan fingerprint density at radius 2 is 2.14 bits per heavy atom. The lowest BCUT2D eigenvalue weighted by molar-refractivity contribution is -0.148. The molecule has 1 unspecified atom stereocenters. The number of rotatable bonds is 8. The van der Waals surface area contributed by atoms with E-state index in [1.807, 2.05) is 27.7 Å². The van der Waals surface area contributed by atoms with Crippen LogP contribution >= 0.6 is 8.18 Å². The molecule has 0 aliphatic carbocycles. The summed E-state index contributed by atoms with van der Waals surface area (Å²) in [5.74, 6) is -0.501. The molecule has 164 valence electrons. The van der Waals surface area contributed by atoms with Gasteiger partial charge in [-0.25, -0.2) is 9.88 Å². The normalized spacial score (nSPS) is 24.2. The van der Waals surface area contributed by atoms with Crippen LogP contribution in [0, 0.1) is 11.3 Å². The number of H-pyrrole nitrogens is 1. The van der Waals surface area contributed by atoms with Crippen LogP contribution in [0.5, 0.6) is 0 Å². The smallest absolute Gasteiger partial charge is 0.330 e. The van der Waals surface area contributed by atoms with Crippen molar-refractivity contribution >= 4 is 14.1 Å². The number of carbonyl (C=O) groups is 1. The minimum atomic E-state index is -2.68. The summed E-state index contributed by atoms with van der Waals surface area (Å²) in [7, 11) is -2.68. The van der Waals surface area contributed by atoms with Crippen LogP contribution in [0.3, 0.4) is 0 Å². The van der Waals surface area contributed by atoms with E-state index in [-0.39, 0.29) is 30.7 Å². The van der Waals surface area contributed by atoms with Gasteiger partial charge in [0.2, 0.25) is 0 Å². The van der Waals surface area contributed by atoms with Gasteiger partial charge in [0.15, 0.2) is 0 Å². The van der Waals surface area contributed by atoms with Gasteiger partial charge in [-0.15, -0.1) is 0 Å². The molecule has 2 heterocycles. The van der Waals surface area contributed by atoms with Crippen molar-refractivity contribution in [2.45, 2.75) is 59.4 Å². The van der Waals surface area contributed by atoms with Gasteiger partial charge in [-0.3, -0.25) is 23.7 Å². The molecule has 5 atom stereocenters. The van der Waals surface area contributed by atoms with Crippen LogP contribution in [0.25, 0.3) is 0 Å². The van der Waals surface area contributed by atoms with Crippen molar-refractivity contribution in [2.75, 3.05) is 13.2 Å². The van der Waals surface area contributed by atoms with Gasteiger partial charge in [0.05, 0.1) is 19.3 Å². The second-order valence-electron chi connectivity index (χ2n) is 8.51. The summed E-state index contributed by atoms with van der Waals surface area (Å²) in [6, 6.07) is 0.490. The van der Waals surface area contributed by atoms with E-state index < -0.39 is 37.7 Å². The predicted molar refractivity (Wildman–Crippen MR) is 107 cm³/mol. The summed E-state index contributed by atoms with van der Waals surface area (Å²) in [5, 5.41) is 2.61. The molecule has 2 N–H and O–H groups in total. The van der Waals surface area contributed by atoms with Crippen molar-refractivity contribution in [3.63, 3.8) is 0 Å². The van der Waals surface area contributed by atoms with E-state index in [0.717, 1.165) is 0 Å². The maximum Gasteiger partial charge on any atom is 0.330 e. The molecule has 1 aliphatic rings. The third-order valence-corrected chi connectivity index (χ3v) is 5.41. The van der Waals surface area contributed by atoms with Gasteiger partial charge >= 0.3 is 11.7 Å². The van der Waals surface area contributed by atoms with Gasteiger partial charge in [0.25, 0.3) is 13.7 Å². The Hall–Kier alpha value is -1.74. The van der Waals surface area contributed by atoms with E-state index in [0.29, 0.717) is 6.42 Å². The van der Waals surface area contributed by atoms with Gasteiger partial charge in [0, 0.05) is 18.2 Å². The fourth-order valence-corrected chi connectivity index (χ4v) is 3.74. The molecule has 1 saturated heterocycles.